The van der Waals surface area contributed by atoms with E-state index in [0.717, 1.165) is 0 Å². The molecule has 0 aromatic carbocycles. The van der Waals surface area contributed by atoms with Gasteiger partial charge in [0.25, 0.3) is 0 Å². The minimum Gasteiger partial charge on any atom is -1.00 e. The molecular formula is C10H20Cl2N2Pt. The van der Waals surface area contributed by atoms with Crippen molar-refractivity contribution in [3.05, 3.63) is 0 Å². The fraction of sp³-hybridized carbons (Fsp3) is 1.00. The van der Waals surface area contributed by atoms with Crippen molar-refractivity contribution >= 4 is 0 Å². The molecular weight excluding hydrogens is 414 g/mol. The van der Waals surface area contributed by atoms with Crippen molar-refractivity contribution < 1.29 is 45.9 Å². The number of hydrogen-bond acceptors (Lipinski definition) is 2. The van der Waals surface area contributed by atoms with Gasteiger partial charge in [0.15, 0.2) is 0 Å². The van der Waals surface area contributed by atoms with Crippen molar-refractivity contribution in [3.8, 4) is 0 Å². The molecule has 0 spiro atoms. The molecule has 94 valence electrons. The number of rotatable bonds is 0. The van der Waals surface area contributed by atoms with Crippen LogP contribution in [0.2, 0.25) is 0 Å². The first-order valence-corrected chi connectivity index (χ1v) is 4.92. The molecule has 5 heteroatoms. The van der Waals surface area contributed by atoms with Crippen LogP contribution in [0.4, 0.5) is 0 Å². The third-order valence-corrected chi connectivity index (χ3v) is 4.99. The van der Waals surface area contributed by atoms with E-state index in [2.05, 4.69) is 20.8 Å². The predicted molar refractivity (Wildman–Crippen MR) is 50.6 cm³/mol. The van der Waals surface area contributed by atoms with Crippen molar-refractivity contribution in [3.63, 3.8) is 0 Å². The summed E-state index contributed by atoms with van der Waals surface area (Å²) in [6.07, 6.45) is 2.54. The van der Waals surface area contributed by atoms with Gasteiger partial charge in [-0.25, -0.2) is 0 Å². The molecule has 2 bridgehead atoms. The van der Waals surface area contributed by atoms with E-state index in [9.17, 15) is 0 Å². The van der Waals surface area contributed by atoms with E-state index in [-0.39, 0.29) is 63.4 Å². The van der Waals surface area contributed by atoms with Gasteiger partial charge in [0.2, 0.25) is 0 Å². The molecule has 2 nitrogen and oxygen atoms in total. The Labute approximate surface area is 119 Å². The first-order chi connectivity index (χ1) is 5.41. The molecule has 2 saturated carbocycles. The van der Waals surface area contributed by atoms with Crippen LogP contribution in [-0.4, -0.2) is 12.1 Å². The largest absolute Gasteiger partial charge is 2.00 e. The zero-order chi connectivity index (χ0) is 9.15. The smallest absolute Gasteiger partial charge is 1.00 e. The maximum Gasteiger partial charge on any atom is 2.00 e. The molecule has 0 unspecified atom stereocenters. The van der Waals surface area contributed by atoms with Gasteiger partial charge in [0.1, 0.15) is 0 Å². The maximum absolute atomic E-state index is 6.15. The molecule has 0 aromatic rings. The Balaban J connectivity index is 0. The molecule has 4 atom stereocenters. The van der Waals surface area contributed by atoms with Gasteiger partial charge >= 0.3 is 21.1 Å². The number of halogens is 2. The molecule has 0 amide bonds. The first kappa shape index (κ1) is 18.6. The normalized spacial score (nSPS) is 45.0. The molecule has 2 fully saturated rings. The van der Waals surface area contributed by atoms with Gasteiger partial charge in [0.05, 0.1) is 0 Å². The molecule has 15 heavy (non-hydrogen) atoms. The van der Waals surface area contributed by atoms with E-state index in [1.165, 1.54) is 12.8 Å². The van der Waals surface area contributed by atoms with E-state index >= 15 is 0 Å². The summed E-state index contributed by atoms with van der Waals surface area (Å²) in [7, 11) is 0. The van der Waals surface area contributed by atoms with E-state index in [0.29, 0.717) is 11.3 Å². The molecule has 2 aliphatic carbocycles. The second-order valence-corrected chi connectivity index (χ2v) is 5.39. The van der Waals surface area contributed by atoms with Crippen LogP contribution in [0.15, 0.2) is 0 Å². The maximum atomic E-state index is 6.15. The summed E-state index contributed by atoms with van der Waals surface area (Å²) in [6, 6.07) is 0.449. The third-order valence-electron chi connectivity index (χ3n) is 4.99. The zero-order valence-corrected chi connectivity index (χ0v) is 13.2. The van der Waals surface area contributed by atoms with Crippen LogP contribution >= 0.6 is 0 Å². The second kappa shape index (κ2) is 5.23. The summed E-state index contributed by atoms with van der Waals surface area (Å²) in [5, 5.41) is 0. The van der Waals surface area contributed by atoms with Crippen molar-refractivity contribution in [2.45, 2.75) is 45.7 Å². The summed E-state index contributed by atoms with van der Waals surface area (Å²) < 4.78 is 0. The van der Waals surface area contributed by atoms with Gasteiger partial charge in [-0.3, -0.25) is 0 Å². The molecule has 0 aliphatic heterocycles. The Morgan fingerprint density at radius 1 is 1.07 bits per heavy atom. The van der Waals surface area contributed by atoms with Crippen molar-refractivity contribution in [2.24, 2.45) is 28.2 Å². The fourth-order valence-corrected chi connectivity index (χ4v) is 3.51. The van der Waals surface area contributed by atoms with Crippen LogP contribution in [0.3, 0.4) is 0 Å². The van der Waals surface area contributed by atoms with Crippen LogP contribution < -0.4 is 36.3 Å². The SMILES string of the molecule is CC1(C)[C@@H]2CC[C@]1(C)[C@@H](N)[C@H]2N.[Cl-].[Cl-].[Pt+2]. The van der Waals surface area contributed by atoms with E-state index < -0.39 is 0 Å². The number of nitrogens with two attached hydrogens (primary N) is 2. The summed E-state index contributed by atoms with van der Waals surface area (Å²) in [5.74, 6) is 0.650. The molecule has 0 saturated heterocycles. The van der Waals surface area contributed by atoms with Crippen LogP contribution in [0.5, 0.6) is 0 Å². The Morgan fingerprint density at radius 2 is 1.53 bits per heavy atom. The number of fused-ring (bicyclic) bond motifs is 2. The fourth-order valence-electron chi connectivity index (χ4n) is 3.51. The summed E-state index contributed by atoms with van der Waals surface area (Å²) in [4.78, 5) is 0. The minimum atomic E-state index is 0. The standard InChI is InChI=1S/C10H20N2.2ClH.Pt/c1-9(2)6-4-5-10(9,3)8(12)7(6)11;;;/h6-8H,4-5,11-12H2,1-3H3;2*1H;/q;;;+2/p-2/t6-,7+,8+,10-;;;/m1.../s1. The average Bonchev–Trinajstić information content (AvgIpc) is 2.26. The van der Waals surface area contributed by atoms with Crippen molar-refractivity contribution in [1.82, 2.24) is 0 Å². The van der Waals surface area contributed by atoms with Crippen LogP contribution in [0.1, 0.15) is 33.6 Å². The van der Waals surface area contributed by atoms with Gasteiger partial charge in [-0.05, 0) is 29.6 Å². The predicted octanol–water partition coefficient (Wildman–Crippen LogP) is -4.90. The number of hydrogen-bond donors (Lipinski definition) is 2. The molecule has 2 rings (SSSR count). The Hall–Kier alpha value is 1.19. The Bertz CT molecular complexity index is 225. The summed E-state index contributed by atoms with van der Waals surface area (Å²) >= 11 is 0. The van der Waals surface area contributed by atoms with E-state index in [1.807, 2.05) is 0 Å². The monoisotopic (exact) mass is 433 g/mol. The van der Waals surface area contributed by atoms with Crippen LogP contribution in [0, 0.1) is 16.7 Å². The van der Waals surface area contributed by atoms with Gasteiger partial charge in [-0.2, -0.15) is 0 Å². The second-order valence-electron chi connectivity index (χ2n) is 5.39. The topological polar surface area (TPSA) is 52.0 Å². The molecule has 2 aliphatic rings. The first-order valence-electron chi connectivity index (χ1n) is 4.92. The molecule has 0 heterocycles. The Morgan fingerprint density at radius 3 is 1.73 bits per heavy atom. The Kier molecular flexibility index (Phi) is 6.46. The minimum absolute atomic E-state index is 0. The van der Waals surface area contributed by atoms with Gasteiger partial charge < -0.3 is 36.3 Å². The van der Waals surface area contributed by atoms with Crippen LogP contribution in [-0.2, 0) is 21.1 Å². The zero-order valence-electron chi connectivity index (χ0n) is 9.37. The van der Waals surface area contributed by atoms with Gasteiger partial charge in [-0.1, -0.05) is 20.8 Å². The summed E-state index contributed by atoms with van der Waals surface area (Å²) in [5.41, 5.74) is 12.9. The van der Waals surface area contributed by atoms with Gasteiger partial charge in [0, 0.05) is 12.1 Å². The quantitative estimate of drug-likeness (QED) is 0.402. The van der Waals surface area contributed by atoms with Crippen molar-refractivity contribution in [1.29, 1.82) is 0 Å². The van der Waals surface area contributed by atoms with Crippen LogP contribution in [0.25, 0.3) is 0 Å². The van der Waals surface area contributed by atoms with Gasteiger partial charge in [-0.15, -0.1) is 0 Å². The van der Waals surface area contributed by atoms with E-state index in [1.54, 1.807) is 0 Å². The molecule has 4 N–H and O–H groups in total. The average molecular weight is 434 g/mol. The van der Waals surface area contributed by atoms with E-state index in [4.69, 9.17) is 11.5 Å². The summed E-state index contributed by atoms with van der Waals surface area (Å²) in [6.45, 7) is 6.97. The molecule has 0 aromatic heterocycles. The third kappa shape index (κ3) is 2.02. The molecule has 0 radical (unpaired) electrons. The van der Waals surface area contributed by atoms with Crippen molar-refractivity contribution in [2.75, 3.05) is 0 Å².